The molecule has 2 unspecified atom stereocenters. The van der Waals surface area contributed by atoms with Crippen LogP contribution in [0.15, 0.2) is 29.0 Å². The van der Waals surface area contributed by atoms with Crippen LogP contribution in [0.2, 0.25) is 0 Å². The van der Waals surface area contributed by atoms with Crippen molar-refractivity contribution in [3.8, 4) is 0 Å². The normalized spacial score (nSPS) is 13.1. The first-order chi connectivity index (χ1) is 11.9. The highest BCUT2D eigenvalue weighted by molar-refractivity contribution is 5.91. The lowest BCUT2D eigenvalue weighted by molar-refractivity contribution is -0.385. The summed E-state index contributed by atoms with van der Waals surface area (Å²) in [5.74, 6) is 0.0751. The summed E-state index contributed by atoms with van der Waals surface area (Å²) in [6.45, 7) is 2.11. The van der Waals surface area contributed by atoms with E-state index in [-0.39, 0.29) is 23.8 Å². The highest BCUT2D eigenvalue weighted by Gasteiger charge is 2.20. The van der Waals surface area contributed by atoms with E-state index < -0.39 is 23.0 Å². The summed E-state index contributed by atoms with van der Waals surface area (Å²) >= 11 is 0. The zero-order valence-corrected chi connectivity index (χ0v) is 13.4. The van der Waals surface area contributed by atoms with Crippen molar-refractivity contribution in [1.29, 1.82) is 0 Å². The number of hydrogen-bond acceptors (Lipinski definition) is 9. The molecule has 0 fully saturated rings. The molecule has 2 aromatic heterocycles. The maximum atomic E-state index is 11.9. The summed E-state index contributed by atoms with van der Waals surface area (Å²) in [6, 6.07) is 1.99. The molecular weight excluding hydrogens is 332 g/mol. The maximum Gasteiger partial charge on any atom is 0.287 e. The lowest BCUT2D eigenvalue weighted by atomic mass is 10.2. The minimum absolute atomic E-state index is 0.0551. The largest absolute Gasteiger partial charge is 0.446 e. The maximum absolute atomic E-state index is 11.9. The number of carbonyl (C=O) groups excluding carboxylic acids is 1. The molecule has 2 rings (SSSR count). The molecule has 0 aliphatic carbocycles. The van der Waals surface area contributed by atoms with Crippen LogP contribution in [0.25, 0.3) is 0 Å². The SMILES string of the molecule is CC(O)C(N)c1nc(C(=O)NCCNc2ccc([N+](=O)[O-])cn2)co1. The number of nitrogens with one attached hydrogen (secondary N) is 2. The van der Waals surface area contributed by atoms with Gasteiger partial charge in [-0.15, -0.1) is 0 Å². The number of carbonyl (C=O) groups is 1. The smallest absolute Gasteiger partial charge is 0.287 e. The van der Waals surface area contributed by atoms with Crippen molar-refractivity contribution in [3.05, 3.63) is 46.3 Å². The Morgan fingerprint density at radius 2 is 2.24 bits per heavy atom. The average molecular weight is 350 g/mol. The Hall–Kier alpha value is -3.05. The van der Waals surface area contributed by atoms with Gasteiger partial charge in [0.15, 0.2) is 5.69 Å². The zero-order valence-electron chi connectivity index (χ0n) is 13.4. The summed E-state index contributed by atoms with van der Waals surface area (Å²) in [7, 11) is 0. The fourth-order valence-electron chi connectivity index (χ4n) is 1.81. The third-order valence-corrected chi connectivity index (χ3v) is 3.23. The lowest BCUT2D eigenvalue weighted by Gasteiger charge is -2.09. The fraction of sp³-hybridized carbons (Fsp3) is 0.357. The number of hydrogen-bond donors (Lipinski definition) is 4. The minimum Gasteiger partial charge on any atom is -0.446 e. The van der Waals surface area contributed by atoms with Crippen LogP contribution in [0.5, 0.6) is 0 Å². The van der Waals surface area contributed by atoms with Gasteiger partial charge < -0.3 is 25.9 Å². The van der Waals surface area contributed by atoms with Crippen LogP contribution in [0.3, 0.4) is 0 Å². The number of oxazole rings is 1. The van der Waals surface area contributed by atoms with Crippen LogP contribution in [0, 0.1) is 10.1 Å². The van der Waals surface area contributed by atoms with Crippen LogP contribution < -0.4 is 16.4 Å². The van der Waals surface area contributed by atoms with E-state index in [1.54, 1.807) is 0 Å². The molecular formula is C14H18N6O5. The van der Waals surface area contributed by atoms with Crippen molar-refractivity contribution >= 4 is 17.4 Å². The number of anilines is 1. The first-order valence-electron chi connectivity index (χ1n) is 7.40. The van der Waals surface area contributed by atoms with Crippen molar-refractivity contribution in [2.75, 3.05) is 18.4 Å². The number of nitro groups is 1. The van der Waals surface area contributed by atoms with Crippen molar-refractivity contribution < 1.29 is 19.2 Å². The third kappa shape index (κ3) is 4.96. The van der Waals surface area contributed by atoms with Crippen molar-refractivity contribution in [1.82, 2.24) is 15.3 Å². The Balaban J connectivity index is 1.78. The molecule has 25 heavy (non-hydrogen) atoms. The highest BCUT2D eigenvalue weighted by atomic mass is 16.6. The first kappa shape index (κ1) is 18.3. The van der Waals surface area contributed by atoms with E-state index in [4.69, 9.17) is 10.2 Å². The van der Waals surface area contributed by atoms with Gasteiger partial charge >= 0.3 is 0 Å². The number of pyridine rings is 1. The average Bonchev–Trinajstić information content (AvgIpc) is 3.08. The number of aliphatic hydroxyl groups excluding tert-OH is 1. The minimum atomic E-state index is -0.854. The van der Waals surface area contributed by atoms with Crippen LogP contribution in [-0.4, -0.2) is 45.1 Å². The molecule has 11 heteroatoms. The number of aliphatic hydroxyl groups is 1. The van der Waals surface area contributed by atoms with E-state index >= 15 is 0 Å². The molecule has 0 aromatic carbocycles. The van der Waals surface area contributed by atoms with E-state index in [1.165, 1.54) is 19.1 Å². The Bertz CT molecular complexity index is 730. The Morgan fingerprint density at radius 3 is 2.84 bits per heavy atom. The highest BCUT2D eigenvalue weighted by Crippen LogP contribution is 2.13. The summed E-state index contributed by atoms with van der Waals surface area (Å²) in [5, 5.41) is 25.4. The molecule has 5 N–H and O–H groups in total. The molecule has 2 aromatic rings. The molecule has 0 saturated heterocycles. The standard InChI is InChI=1S/C14H18N6O5/c1-8(21)12(15)14-19-10(7-25-14)13(22)17-5-4-16-11-3-2-9(6-18-11)20(23)24/h2-3,6-8,12,21H,4-5,15H2,1H3,(H,16,18)(H,17,22). The summed E-state index contributed by atoms with van der Waals surface area (Å²) in [5.41, 5.74) is 5.62. The van der Waals surface area contributed by atoms with Crippen LogP contribution in [0.1, 0.15) is 29.3 Å². The molecule has 2 atom stereocenters. The molecule has 0 aliphatic heterocycles. The van der Waals surface area contributed by atoms with E-state index in [9.17, 15) is 20.0 Å². The van der Waals surface area contributed by atoms with Crippen molar-refractivity contribution in [2.24, 2.45) is 5.73 Å². The molecule has 1 amide bonds. The molecule has 0 aliphatic rings. The molecule has 0 saturated carbocycles. The number of amides is 1. The number of aromatic nitrogens is 2. The second-order valence-corrected chi connectivity index (χ2v) is 5.18. The fourth-order valence-corrected chi connectivity index (χ4v) is 1.81. The van der Waals surface area contributed by atoms with Gasteiger partial charge in [0.05, 0.1) is 11.0 Å². The van der Waals surface area contributed by atoms with Gasteiger partial charge in [-0.05, 0) is 13.0 Å². The van der Waals surface area contributed by atoms with Gasteiger partial charge in [0, 0.05) is 19.2 Å². The lowest BCUT2D eigenvalue weighted by Crippen LogP contribution is -2.29. The van der Waals surface area contributed by atoms with Gasteiger partial charge in [-0.25, -0.2) is 9.97 Å². The van der Waals surface area contributed by atoms with E-state index in [0.717, 1.165) is 12.5 Å². The van der Waals surface area contributed by atoms with Crippen LogP contribution in [-0.2, 0) is 0 Å². The second-order valence-electron chi connectivity index (χ2n) is 5.18. The monoisotopic (exact) mass is 350 g/mol. The topological polar surface area (TPSA) is 169 Å². The summed E-state index contributed by atoms with van der Waals surface area (Å²) < 4.78 is 5.08. The van der Waals surface area contributed by atoms with Gasteiger partial charge in [-0.2, -0.15) is 0 Å². The molecule has 2 heterocycles. The molecule has 11 nitrogen and oxygen atoms in total. The van der Waals surface area contributed by atoms with Gasteiger partial charge in [0.2, 0.25) is 5.89 Å². The third-order valence-electron chi connectivity index (χ3n) is 3.23. The van der Waals surface area contributed by atoms with Gasteiger partial charge in [-0.3, -0.25) is 14.9 Å². The number of nitrogens with zero attached hydrogens (tertiary/aromatic N) is 3. The van der Waals surface area contributed by atoms with E-state index in [0.29, 0.717) is 12.4 Å². The van der Waals surface area contributed by atoms with E-state index in [2.05, 4.69) is 20.6 Å². The number of nitrogens with two attached hydrogens (primary N) is 1. The Morgan fingerprint density at radius 1 is 1.48 bits per heavy atom. The molecule has 0 radical (unpaired) electrons. The van der Waals surface area contributed by atoms with Gasteiger partial charge in [-0.1, -0.05) is 0 Å². The summed E-state index contributed by atoms with van der Waals surface area (Å²) in [4.78, 5) is 29.7. The Labute approximate surface area is 142 Å². The first-order valence-corrected chi connectivity index (χ1v) is 7.40. The molecule has 134 valence electrons. The Kier molecular flexibility index (Phi) is 5.98. The van der Waals surface area contributed by atoms with E-state index in [1.807, 2.05) is 0 Å². The van der Waals surface area contributed by atoms with Crippen LogP contribution >= 0.6 is 0 Å². The van der Waals surface area contributed by atoms with Gasteiger partial charge in [0.25, 0.3) is 11.6 Å². The van der Waals surface area contributed by atoms with Crippen molar-refractivity contribution in [3.63, 3.8) is 0 Å². The molecule has 0 bridgehead atoms. The predicted octanol–water partition coefficient (Wildman–Crippen LogP) is 0.200. The van der Waals surface area contributed by atoms with Gasteiger partial charge in [0.1, 0.15) is 24.3 Å². The van der Waals surface area contributed by atoms with Crippen molar-refractivity contribution in [2.45, 2.75) is 19.1 Å². The second kappa shape index (κ2) is 8.17. The quantitative estimate of drug-likeness (QED) is 0.295. The molecule has 0 spiro atoms. The zero-order chi connectivity index (χ0) is 18.4. The predicted molar refractivity (Wildman–Crippen MR) is 86.8 cm³/mol. The van der Waals surface area contributed by atoms with Crippen LogP contribution in [0.4, 0.5) is 11.5 Å². The summed E-state index contributed by atoms with van der Waals surface area (Å²) in [6.07, 6.45) is 1.45. The number of rotatable bonds is 8.